The van der Waals surface area contributed by atoms with Crippen LogP contribution >= 0.6 is 35.7 Å². The van der Waals surface area contributed by atoms with E-state index in [2.05, 4.69) is 40.5 Å². The second-order valence-corrected chi connectivity index (χ2v) is 9.13. The van der Waals surface area contributed by atoms with Gasteiger partial charge in [-0.25, -0.2) is 34.3 Å². The van der Waals surface area contributed by atoms with Crippen LogP contribution < -0.4 is 10.6 Å². The molecule has 1 aromatic carbocycles. The van der Waals surface area contributed by atoms with E-state index in [-0.39, 0.29) is 5.82 Å². The van der Waals surface area contributed by atoms with E-state index in [1.807, 2.05) is 6.07 Å². The molecule has 4 rings (SSSR count). The van der Waals surface area contributed by atoms with Gasteiger partial charge in [-0.05, 0) is 78.4 Å². The Hall–Kier alpha value is -3.22. The lowest BCUT2D eigenvalue weighted by Gasteiger charge is -2.11. The van der Waals surface area contributed by atoms with E-state index in [4.69, 9.17) is 12.2 Å². The molecule has 172 valence electrons. The standard InChI is InChI=1S/C22H19FN8S3/c23-16-7-5-15(6-8-16)4-1-9-24-20(32)31-19-29-17(33-21-25-10-2-11-26-21)14-18(30-19)34-22-27-12-3-13-28-22/h2-3,5-8,10-14H,1,4,9H2,(H2,24,29,30,31,32). The first-order valence-corrected chi connectivity index (χ1v) is 12.3. The summed E-state index contributed by atoms with van der Waals surface area (Å²) in [7, 11) is 0. The van der Waals surface area contributed by atoms with Crippen LogP contribution in [0.3, 0.4) is 0 Å². The van der Waals surface area contributed by atoms with Crippen molar-refractivity contribution in [2.75, 3.05) is 11.9 Å². The highest BCUT2D eigenvalue weighted by Gasteiger charge is 2.11. The van der Waals surface area contributed by atoms with Gasteiger partial charge in [0.05, 0.1) is 0 Å². The minimum Gasteiger partial charge on any atom is -0.362 e. The van der Waals surface area contributed by atoms with Crippen LogP contribution in [0.25, 0.3) is 0 Å². The molecule has 0 bridgehead atoms. The smallest absolute Gasteiger partial charge is 0.231 e. The molecule has 4 aromatic rings. The number of rotatable bonds is 9. The number of benzene rings is 1. The number of nitrogens with zero attached hydrogens (tertiary/aromatic N) is 6. The highest BCUT2D eigenvalue weighted by Crippen LogP contribution is 2.29. The summed E-state index contributed by atoms with van der Waals surface area (Å²) >= 11 is 8.05. The molecule has 3 heterocycles. The van der Waals surface area contributed by atoms with Crippen molar-refractivity contribution in [1.82, 2.24) is 35.2 Å². The molecule has 8 nitrogen and oxygen atoms in total. The van der Waals surface area contributed by atoms with Crippen LogP contribution in [-0.2, 0) is 6.42 Å². The van der Waals surface area contributed by atoms with Crippen molar-refractivity contribution in [2.24, 2.45) is 0 Å². The maximum atomic E-state index is 13.0. The normalized spacial score (nSPS) is 10.6. The molecular weight excluding hydrogens is 491 g/mol. The van der Waals surface area contributed by atoms with E-state index in [1.54, 1.807) is 49.1 Å². The number of halogens is 1. The molecule has 12 heteroatoms. The Morgan fingerprint density at radius 2 is 1.41 bits per heavy atom. The van der Waals surface area contributed by atoms with E-state index < -0.39 is 0 Å². The predicted molar refractivity (Wildman–Crippen MR) is 133 cm³/mol. The van der Waals surface area contributed by atoms with Gasteiger partial charge in [0.25, 0.3) is 0 Å². The van der Waals surface area contributed by atoms with E-state index in [0.717, 1.165) is 18.4 Å². The molecule has 0 atom stereocenters. The van der Waals surface area contributed by atoms with Gasteiger partial charge in [-0.3, -0.25) is 0 Å². The first-order valence-electron chi connectivity index (χ1n) is 10.2. The summed E-state index contributed by atoms with van der Waals surface area (Å²) in [6, 6.07) is 11.8. The van der Waals surface area contributed by atoms with E-state index in [0.29, 0.717) is 38.0 Å². The Bertz CT molecular complexity index is 1150. The fraction of sp³-hybridized carbons (Fsp3) is 0.136. The Labute approximate surface area is 209 Å². The predicted octanol–water partition coefficient (Wildman–Crippen LogP) is 4.42. The third-order valence-electron chi connectivity index (χ3n) is 4.22. The average molecular weight is 511 g/mol. The molecule has 34 heavy (non-hydrogen) atoms. The van der Waals surface area contributed by atoms with Gasteiger partial charge < -0.3 is 10.6 Å². The fourth-order valence-corrected chi connectivity index (χ4v) is 4.42. The Kier molecular flexibility index (Phi) is 8.65. The summed E-state index contributed by atoms with van der Waals surface area (Å²) in [5.74, 6) is 0.109. The molecule has 0 amide bonds. The first kappa shape index (κ1) is 23.9. The van der Waals surface area contributed by atoms with Crippen LogP contribution in [0.15, 0.2) is 87.6 Å². The number of thiocarbonyl (C=S) groups is 1. The monoisotopic (exact) mass is 510 g/mol. The largest absolute Gasteiger partial charge is 0.362 e. The van der Waals surface area contributed by atoms with Crippen molar-refractivity contribution < 1.29 is 4.39 Å². The zero-order valence-electron chi connectivity index (χ0n) is 17.8. The van der Waals surface area contributed by atoms with Crippen molar-refractivity contribution in [3.05, 3.63) is 78.6 Å². The van der Waals surface area contributed by atoms with Gasteiger partial charge in [-0.2, -0.15) is 0 Å². The summed E-state index contributed by atoms with van der Waals surface area (Å²) < 4.78 is 13.0. The van der Waals surface area contributed by atoms with Gasteiger partial charge in [-0.15, -0.1) is 0 Å². The highest BCUT2D eigenvalue weighted by atomic mass is 32.2. The summed E-state index contributed by atoms with van der Waals surface area (Å²) in [6.45, 7) is 0.648. The molecule has 0 unspecified atom stereocenters. The van der Waals surface area contributed by atoms with Crippen molar-refractivity contribution >= 4 is 46.8 Å². The SMILES string of the molecule is Fc1ccc(CCCNC(=S)Nc2nc(Sc3ncccn3)cc(Sc3ncccn3)n2)cc1. The average Bonchev–Trinajstić information content (AvgIpc) is 2.84. The van der Waals surface area contributed by atoms with Crippen LogP contribution in [0, 0.1) is 5.82 Å². The third kappa shape index (κ3) is 7.68. The maximum Gasteiger partial charge on any atom is 0.231 e. The molecule has 0 radical (unpaired) electrons. The second-order valence-electron chi connectivity index (χ2n) is 6.75. The van der Waals surface area contributed by atoms with Gasteiger partial charge in [0.2, 0.25) is 5.95 Å². The zero-order chi connectivity index (χ0) is 23.6. The molecule has 3 aromatic heterocycles. The minimum absolute atomic E-state index is 0.233. The summed E-state index contributed by atoms with van der Waals surface area (Å²) in [5.41, 5.74) is 1.07. The van der Waals surface area contributed by atoms with Crippen LogP contribution in [0.5, 0.6) is 0 Å². The fourth-order valence-electron chi connectivity index (χ4n) is 2.72. The molecular formula is C22H19FN8S3. The lowest BCUT2D eigenvalue weighted by atomic mass is 10.1. The van der Waals surface area contributed by atoms with Crippen molar-refractivity contribution in [3.8, 4) is 0 Å². The third-order valence-corrected chi connectivity index (χ3v) is 6.09. The van der Waals surface area contributed by atoms with Gasteiger partial charge >= 0.3 is 0 Å². The lowest BCUT2D eigenvalue weighted by Crippen LogP contribution is -2.30. The Morgan fingerprint density at radius 3 is 1.97 bits per heavy atom. The van der Waals surface area contributed by atoms with Gasteiger partial charge in [-0.1, -0.05) is 12.1 Å². The summed E-state index contributed by atoms with van der Waals surface area (Å²) in [4.78, 5) is 26.0. The van der Waals surface area contributed by atoms with Gasteiger partial charge in [0.15, 0.2) is 15.4 Å². The molecule has 0 fully saturated rings. The second kappa shape index (κ2) is 12.3. The minimum atomic E-state index is -0.233. The van der Waals surface area contributed by atoms with E-state index in [1.165, 1.54) is 35.7 Å². The number of anilines is 1. The molecule has 0 spiro atoms. The van der Waals surface area contributed by atoms with Gasteiger partial charge in [0, 0.05) is 37.4 Å². The van der Waals surface area contributed by atoms with Gasteiger partial charge in [0.1, 0.15) is 15.9 Å². The lowest BCUT2D eigenvalue weighted by molar-refractivity contribution is 0.626. The van der Waals surface area contributed by atoms with Crippen LogP contribution in [0.1, 0.15) is 12.0 Å². The number of aryl methyl sites for hydroxylation is 1. The van der Waals surface area contributed by atoms with E-state index in [9.17, 15) is 4.39 Å². The highest BCUT2D eigenvalue weighted by molar-refractivity contribution is 7.99. The van der Waals surface area contributed by atoms with Crippen molar-refractivity contribution in [1.29, 1.82) is 0 Å². The Balaban J connectivity index is 1.39. The van der Waals surface area contributed by atoms with Crippen molar-refractivity contribution in [3.63, 3.8) is 0 Å². The molecule has 0 saturated carbocycles. The zero-order valence-corrected chi connectivity index (χ0v) is 20.2. The van der Waals surface area contributed by atoms with Crippen LogP contribution in [-0.4, -0.2) is 41.6 Å². The number of aromatic nitrogens is 6. The van der Waals surface area contributed by atoms with E-state index >= 15 is 0 Å². The van der Waals surface area contributed by atoms with Crippen LogP contribution in [0.2, 0.25) is 0 Å². The summed E-state index contributed by atoms with van der Waals surface area (Å²) in [5, 5.41) is 9.05. The molecule has 0 saturated heterocycles. The first-order chi connectivity index (χ1) is 16.6. The molecule has 0 aliphatic rings. The number of hydrogen-bond donors (Lipinski definition) is 2. The Morgan fingerprint density at radius 1 is 0.853 bits per heavy atom. The molecule has 0 aliphatic carbocycles. The van der Waals surface area contributed by atoms with Crippen molar-refractivity contribution in [2.45, 2.75) is 33.2 Å². The quantitative estimate of drug-likeness (QED) is 0.145. The maximum absolute atomic E-state index is 13.0. The van der Waals surface area contributed by atoms with Crippen LogP contribution in [0.4, 0.5) is 10.3 Å². The summed E-state index contributed by atoms with van der Waals surface area (Å²) in [6.07, 6.45) is 8.35. The molecule has 2 N–H and O–H groups in total. The topological polar surface area (TPSA) is 101 Å². The number of hydrogen-bond acceptors (Lipinski definition) is 9. The molecule has 0 aliphatic heterocycles. The number of nitrogens with one attached hydrogen (secondary N) is 2.